The molecule has 0 saturated heterocycles. The fourth-order valence-electron chi connectivity index (χ4n) is 3.72. The Labute approximate surface area is 182 Å². The molecule has 0 spiro atoms. The van der Waals surface area contributed by atoms with Crippen LogP contribution in [0.15, 0.2) is 35.1 Å². The molecule has 0 aliphatic heterocycles. The van der Waals surface area contributed by atoms with Crippen molar-refractivity contribution in [3.63, 3.8) is 0 Å². The van der Waals surface area contributed by atoms with Gasteiger partial charge >= 0.3 is 6.36 Å². The highest BCUT2D eigenvalue weighted by molar-refractivity contribution is 6.34. The number of alkyl halides is 3. The van der Waals surface area contributed by atoms with E-state index in [2.05, 4.69) is 4.74 Å². The number of pyridine rings is 1. The van der Waals surface area contributed by atoms with Gasteiger partial charge in [-0.05, 0) is 30.5 Å². The fraction of sp³-hybridized carbons (Fsp3) is 0.476. The minimum Gasteiger partial charge on any atom is -0.487 e. The summed E-state index contributed by atoms with van der Waals surface area (Å²) in [4.78, 5) is 12.6. The standard InChI is InChI=1S/C21H22Cl2F3NO3/c22-17-12-18(23)20(28)27(10-9-14-5-2-1-3-6-14)19(17)13-29-15-7-4-8-16(11-15)30-21(24,25)26/h4,7-8,11-12,14H,1-3,5-6,9-10,13H2. The van der Waals surface area contributed by atoms with Crippen LogP contribution < -0.4 is 15.0 Å². The van der Waals surface area contributed by atoms with Crippen molar-refractivity contribution < 1.29 is 22.6 Å². The van der Waals surface area contributed by atoms with Crippen LogP contribution in [0.3, 0.4) is 0 Å². The van der Waals surface area contributed by atoms with Crippen LogP contribution in [0.2, 0.25) is 10.0 Å². The molecule has 1 heterocycles. The van der Waals surface area contributed by atoms with E-state index in [9.17, 15) is 18.0 Å². The van der Waals surface area contributed by atoms with Crippen LogP contribution in [0.5, 0.6) is 11.5 Å². The Morgan fingerprint density at radius 1 is 1.03 bits per heavy atom. The Hall–Kier alpha value is -1.86. The highest BCUT2D eigenvalue weighted by Crippen LogP contribution is 2.29. The summed E-state index contributed by atoms with van der Waals surface area (Å²) in [5.41, 5.74) is 0.0775. The van der Waals surface area contributed by atoms with Crippen molar-refractivity contribution in [1.29, 1.82) is 0 Å². The third-order valence-corrected chi connectivity index (χ3v) is 5.80. The van der Waals surface area contributed by atoms with Crippen LogP contribution >= 0.6 is 23.2 Å². The van der Waals surface area contributed by atoms with Gasteiger partial charge in [-0.15, -0.1) is 13.2 Å². The molecule has 164 valence electrons. The highest BCUT2D eigenvalue weighted by atomic mass is 35.5. The van der Waals surface area contributed by atoms with Gasteiger partial charge in [0.2, 0.25) is 0 Å². The van der Waals surface area contributed by atoms with E-state index in [0.717, 1.165) is 25.3 Å². The van der Waals surface area contributed by atoms with E-state index in [1.807, 2.05) is 0 Å². The normalized spacial score (nSPS) is 15.2. The van der Waals surface area contributed by atoms with E-state index in [4.69, 9.17) is 27.9 Å². The molecule has 1 aliphatic rings. The number of rotatable bonds is 7. The molecule has 4 nitrogen and oxygen atoms in total. The average molecular weight is 464 g/mol. The monoisotopic (exact) mass is 463 g/mol. The quantitative estimate of drug-likeness (QED) is 0.464. The maximum Gasteiger partial charge on any atom is 0.573 e. The molecule has 1 fully saturated rings. The van der Waals surface area contributed by atoms with Crippen LogP contribution in [0, 0.1) is 5.92 Å². The van der Waals surface area contributed by atoms with E-state index in [1.165, 1.54) is 48.1 Å². The van der Waals surface area contributed by atoms with Gasteiger partial charge in [-0.3, -0.25) is 4.79 Å². The third kappa shape index (κ3) is 6.32. The molecule has 1 saturated carbocycles. The van der Waals surface area contributed by atoms with Crippen LogP contribution in [0.25, 0.3) is 0 Å². The maximum atomic E-state index is 12.6. The molecular formula is C21H22Cl2F3NO3. The molecular weight excluding hydrogens is 442 g/mol. The predicted molar refractivity (Wildman–Crippen MR) is 109 cm³/mol. The van der Waals surface area contributed by atoms with Crippen LogP contribution in [0.4, 0.5) is 13.2 Å². The predicted octanol–water partition coefficient (Wildman–Crippen LogP) is 6.60. The van der Waals surface area contributed by atoms with E-state index < -0.39 is 12.1 Å². The Morgan fingerprint density at radius 2 is 1.73 bits per heavy atom. The van der Waals surface area contributed by atoms with Gasteiger partial charge in [-0.1, -0.05) is 61.4 Å². The van der Waals surface area contributed by atoms with Crippen molar-refractivity contribution in [3.8, 4) is 11.5 Å². The lowest BCUT2D eigenvalue weighted by Crippen LogP contribution is -2.26. The summed E-state index contributed by atoms with van der Waals surface area (Å²) in [6.45, 7) is 0.366. The van der Waals surface area contributed by atoms with Gasteiger partial charge in [-0.25, -0.2) is 0 Å². The Balaban J connectivity index is 1.76. The van der Waals surface area contributed by atoms with Crippen LogP contribution in [0.1, 0.15) is 44.2 Å². The molecule has 1 aromatic carbocycles. The van der Waals surface area contributed by atoms with Crippen molar-refractivity contribution in [2.24, 2.45) is 5.92 Å². The van der Waals surface area contributed by atoms with Crippen molar-refractivity contribution in [1.82, 2.24) is 4.57 Å². The van der Waals surface area contributed by atoms with E-state index in [1.54, 1.807) is 0 Å². The van der Waals surface area contributed by atoms with Gasteiger partial charge in [0.05, 0.1) is 10.7 Å². The minimum atomic E-state index is -4.79. The molecule has 3 rings (SSSR count). The van der Waals surface area contributed by atoms with Crippen molar-refractivity contribution in [2.45, 2.75) is 58.0 Å². The van der Waals surface area contributed by atoms with Crippen molar-refractivity contribution in [3.05, 3.63) is 56.4 Å². The summed E-state index contributed by atoms with van der Waals surface area (Å²) in [5.74, 6) is 0.319. The van der Waals surface area contributed by atoms with Crippen LogP contribution in [-0.2, 0) is 13.2 Å². The van der Waals surface area contributed by atoms with Gasteiger partial charge < -0.3 is 14.0 Å². The maximum absolute atomic E-state index is 12.6. The van der Waals surface area contributed by atoms with E-state index in [-0.39, 0.29) is 28.0 Å². The molecule has 30 heavy (non-hydrogen) atoms. The van der Waals surface area contributed by atoms with Gasteiger partial charge in [0.1, 0.15) is 23.1 Å². The van der Waals surface area contributed by atoms with Gasteiger partial charge in [0, 0.05) is 12.6 Å². The van der Waals surface area contributed by atoms with E-state index in [0.29, 0.717) is 18.2 Å². The third-order valence-electron chi connectivity index (χ3n) is 5.20. The molecule has 0 unspecified atom stereocenters. The first kappa shape index (κ1) is 22.8. The number of aromatic nitrogens is 1. The molecule has 1 aromatic heterocycles. The number of benzene rings is 1. The lowest BCUT2D eigenvalue weighted by molar-refractivity contribution is -0.274. The Bertz CT molecular complexity index is 925. The van der Waals surface area contributed by atoms with Gasteiger partial charge in [0.25, 0.3) is 5.56 Å². The lowest BCUT2D eigenvalue weighted by atomic mass is 9.87. The first-order chi connectivity index (χ1) is 14.2. The zero-order valence-electron chi connectivity index (χ0n) is 16.2. The molecule has 1 aliphatic carbocycles. The molecule has 0 N–H and O–H groups in total. The summed E-state index contributed by atoms with van der Waals surface area (Å²) in [5, 5.41) is 0.291. The minimum absolute atomic E-state index is 0.0213. The fourth-order valence-corrected chi connectivity index (χ4v) is 4.25. The Morgan fingerprint density at radius 3 is 2.43 bits per heavy atom. The number of ether oxygens (including phenoxy) is 2. The number of hydrogen-bond acceptors (Lipinski definition) is 3. The smallest absolute Gasteiger partial charge is 0.487 e. The van der Waals surface area contributed by atoms with E-state index >= 15 is 0 Å². The Kier molecular flexibility index (Phi) is 7.58. The summed E-state index contributed by atoms with van der Waals surface area (Å²) in [6.07, 6.45) is 1.96. The summed E-state index contributed by atoms with van der Waals surface area (Å²) in [6, 6.07) is 6.55. The first-order valence-corrected chi connectivity index (χ1v) is 10.5. The van der Waals surface area contributed by atoms with Gasteiger partial charge in [0.15, 0.2) is 0 Å². The zero-order chi connectivity index (χ0) is 21.7. The summed E-state index contributed by atoms with van der Waals surface area (Å²) in [7, 11) is 0. The van der Waals surface area contributed by atoms with Crippen LogP contribution in [-0.4, -0.2) is 10.9 Å². The average Bonchev–Trinajstić information content (AvgIpc) is 2.68. The second-order valence-electron chi connectivity index (χ2n) is 7.35. The lowest BCUT2D eigenvalue weighted by Gasteiger charge is -2.23. The summed E-state index contributed by atoms with van der Waals surface area (Å²) < 4.78 is 48.3. The highest BCUT2D eigenvalue weighted by Gasteiger charge is 2.31. The molecule has 0 radical (unpaired) electrons. The SMILES string of the molecule is O=c1c(Cl)cc(Cl)c(COc2cccc(OC(F)(F)F)c2)n1CCC1CCCCC1. The molecule has 0 bridgehead atoms. The van der Waals surface area contributed by atoms with Crippen molar-refractivity contribution >= 4 is 23.2 Å². The largest absolute Gasteiger partial charge is 0.573 e. The first-order valence-electron chi connectivity index (χ1n) is 9.79. The number of halogens is 5. The summed E-state index contributed by atoms with van der Waals surface area (Å²) >= 11 is 12.3. The number of nitrogens with zero attached hydrogens (tertiary/aromatic N) is 1. The number of hydrogen-bond donors (Lipinski definition) is 0. The second-order valence-corrected chi connectivity index (χ2v) is 8.16. The second kappa shape index (κ2) is 9.96. The zero-order valence-corrected chi connectivity index (χ0v) is 17.7. The van der Waals surface area contributed by atoms with Gasteiger partial charge in [-0.2, -0.15) is 0 Å². The molecule has 0 atom stereocenters. The molecule has 2 aromatic rings. The molecule has 0 amide bonds. The molecule has 9 heteroatoms. The topological polar surface area (TPSA) is 40.5 Å². The van der Waals surface area contributed by atoms with Crippen molar-refractivity contribution in [2.75, 3.05) is 0 Å².